The second kappa shape index (κ2) is 3.10. The average Bonchev–Trinajstić information content (AvgIpc) is 2.74. The summed E-state index contributed by atoms with van der Waals surface area (Å²) >= 11 is 0. The lowest BCUT2D eigenvalue weighted by Crippen LogP contribution is -2.10. The summed E-state index contributed by atoms with van der Waals surface area (Å²) in [6.45, 7) is 0. The van der Waals surface area contributed by atoms with Crippen LogP contribution in [0.1, 0.15) is 10.6 Å². The zero-order valence-corrected chi connectivity index (χ0v) is 6.52. The summed E-state index contributed by atoms with van der Waals surface area (Å²) in [6, 6.07) is 3.11. The van der Waals surface area contributed by atoms with Crippen molar-refractivity contribution >= 4 is 11.7 Å². The van der Waals surface area contributed by atoms with Crippen LogP contribution in [0.15, 0.2) is 29.0 Å². The minimum absolute atomic E-state index is 0.162. The highest BCUT2D eigenvalue weighted by Gasteiger charge is 2.09. The molecule has 0 saturated carbocycles. The highest BCUT2D eigenvalue weighted by Crippen LogP contribution is 2.03. The van der Waals surface area contributed by atoms with Crippen LogP contribution in [0, 0.1) is 0 Å². The molecule has 2 rings (SSSR count). The number of aromatic nitrogens is 3. The molecule has 0 fully saturated rings. The Kier molecular flexibility index (Phi) is 1.79. The zero-order chi connectivity index (χ0) is 9.10. The van der Waals surface area contributed by atoms with Gasteiger partial charge in [0.05, 0.1) is 12.4 Å². The molecule has 66 valence electrons. The Morgan fingerprint density at radius 2 is 2.38 bits per heavy atom. The molecule has 0 aliphatic carbocycles. The van der Waals surface area contributed by atoms with E-state index in [1.807, 2.05) is 0 Å². The summed E-state index contributed by atoms with van der Waals surface area (Å²) in [5.74, 6) is 0.317. The average molecular weight is 178 g/mol. The van der Waals surface area contributed by atoms with Crippen molar-refractivity contribution in [2.24, 2.45) is 0 Å². The third kappa shape index (κ3) is 1.56. The molecule has 1 amide bonds. The first-order valence-electron chi connectivity index (χ1n) is 3.57. The lowest BCUT2D eigenvalue weighted by Gasteiger charge is -1.96. The Bertz CT molecular complexity index is 379. The van der Waals surface area contributed by atoms with Gasteiger partial charge in [-0.3, -0.25) is 9.89 Å². The molecule has 6 heteroatoms. The maximum atomic E-state index is 11.3. The van der Waals surface area contributed by atoms with Crippen molar-refractivity contribution in [2.45, 2.75) is 0 Å². The van der Waals surface area contributed by atoms with Crippen LogP contribution in [0.3, 0.4) is 0 Å². The first-order valence-corrected chi connectivity index (χ1v) is 3.57. The summed E-state index contributed by atoms with van der Waals surface area (Å²) in [4.78, 5) is 11.3. The third-order valence-electron chi connectivity index (χ3n) is 1.41. The maximum Gasteiger partial charge on any atom is 0.295 e. The summed E-state index contributed by atoms with van der Waals surface area (Å²) in [6.07, 6.45) is 2.94. The second-order valence-electron chi connectivity index (χ2n) is 2.30. The molecule has 2 aromatic heterocycles. The molecule has 6 nitrogen and oxygen atoms in total. The van der Waals surface area contributed by atoms with Gasteiger partial charge in [-0.15, -0.1) is 0 Å². The van der Waals surface area contributed by atoms with Crippen LogP contribution in [-0.2, 0) is 0 Å². The second-order valence-corrected chi connectivity index (χ2v) is 2.30. The number of hydrogen-bond acceptors (Lipinski definition) is 4. The fourth-order valence-corrected chi connectivity index (χ4v) is 0.842. The molecule has 0 radical (unpaired) electrons. The SMILES string of the molecule is O=C(Nc1ccn[nH]1)c1ccno1. The quantitative estimate of drug-likeness (QED) is 0.707. The van der Waals surface area contributed by atoms with E-state index >= 15 is 0 Å². The number of nitrogens with one attached hydrogen (secondary N) is 2. The standard InChI is InChI=1S/C7H6N4O2/c12-7(5-1-4-9-13-5)10-6-2-3-8-11-6/h1-4H,(H2,8,10,11,12). The number of carbonyl (C=O) groups is 1. The van der Waals surface area contributed by atoms with E-state index in [4.69, 9.17) is 0 Å². The van der Waals surface area contributed by atoms with Crippen LogP contribution in [-0.4, -0.2) is 21.3 Å². The zero-order valence-electron chi connectivity index (χ0n) is 6.52. The third-order valence-corrected chi connectivity index (χ3v) is 1.41. The van der Waals surface area contributed by atoms with E-state index in [1.165, 1.54) is 18.5 Å². The normalized spacial score (nSPS) is 9.85. The van der Waals surface area contributed by atoms with Crippen LogP contribution in [0.2, 0.25) is 0 Å². The van der Waals surface area contributed by atoms with E-state index in [0.29, 0.717) is 5.82 Å². The van der Waals surface area contributed by atoms with Gasteiger partial charge in [-0.2, -0.15) is 5.10 Å². The molecule has 2 aromatic rings. The molecule has 0 aliphatic heterocycles. The number of anilines is 1. The molecule has 0 saturated heterocycles. The number of hydrogen-bond donors (Lipinski definition) is 2. The number of rotatable bonds is 2. The molecule has 0 spiro atoms. The molecule has 2 heterocycles. The van der Waals surface area contributed by atoms with Gasteiger partial charge in [0.1, 0.15) is 5.82 Å². The maximum absolute atomic E-state index is 11.3. The Labute approximate surface area is 72.9 Å². The first kappa shape index (κ1) is 7.53. The van der Waals surface area contributed by atoms with E-state index in [9.17, 15) is 4.79 Å². The van der Waals surface area contributed by atoms with Crippen molar-refractivity contribution in [2.75, 3.05) is 5.32 Å². The molecule has 0 aromatic carbocycles. The van der Waals surface area contributed by atoms with Gasteiger partial charge in [0, 0.05) is 12.1 Å². The van der Waals surface area contributed by atoms with Crippen molar-refractivity contribution in [1.82, 2.24) is 15.4 Å². The van der Waals surface area contributed by atoms with E-state index in [0.717, 1.165) is 0 Å². The molecule has 2 N–H and O–H groups in total. The van der Waals surface area contributed by atoms with Crippen LogP contribution in [0.5, 0.6) is 0 Å². The number of H-pyrrole nitrogens is 1. The van der Waals surface area contributed by atoms with Gasteiger partial charge in [0.2, 0.25) is 5.76 Å². The lowest BCUT2D eigenvalue weighted by molar-refractivity contribution is 0.0987. The van der Waals surface area contributed by atoms with Gasteiger partial charge in [0.15, 0.2) is 0 Å². The minimum atomic E-state index is -0.359. The first-order chi connectivity index (χ1) is 6.36. The number of nitrogens with zero attached hydrogens (tertiary/aromatic N) is 2. The molecule has 0 aliphatic rings. The van der Waals surface area contributed by atoms with E-state index in [2.05, 4.69) is 25.2 Å². The van der Waals surface area contributed by atoms with Crippen molar-refractivity contribution < 1.29 is 9.32 Å². The van der Waals surface area contributed by atoms with Crippen molar-refractivity contribution in [3.8, 4) is 0 Å². The van der Waals surface area contributed by atoms with Gasteiger partial charge in [-0.1, -0.05) is 5.16 Å². The van der Waals surface area contributed by atoms with E-state index < -0.39 is 0 Å². The highest BCUT2D eigenvalue weighted by molar-refractivity contribution is 6.01. The number of amides is 1. The summed E-state index contributed by atoms with van der Waals surface area (Å²) in [7, 11) is 0. The Balaban J connectivity index is 2.08. The Morgan fingerprint density at radius 3 is 3.00 bits per heavy atom. The predicted octanol–water partition coefficient (Wildman–Crippen LogP) is 0.650. The highest BCUT2D eigenvalue weighted by atomic mass is 16.5. The van der Waals surface area contributed by atoms with Crippen LogP contribution in [0.25, 0.3) is 0 Å². The summed E-state index contributed by atoms with van der Waals surface area (Å²) < 4.78 is 4.65. The van der Waals surface area contributed by atoms with Gasteiger partial charge >= 0.3 is 0 Å². The lowest BCUT2D eigenvalue weighted by atomic mass is 10.4. The van der Waals surface area contributed by atoms with Crippen LogP contribution in [0.4, 0.5) is 5.82 Å². The largest absolute Gasteiger partial charge is 0.351 e. The summed E-state index contributed by atoms with van der Waals surface area (Å²) in [5, 5.41) is 12.2. The van der Waals surface area contributed by atoms with Crippen LogP contribution >= 0.6 is 0 Å². The predicted molar refractivity (Wildman–Crippen MR) is 43.0 cm³/mol. The van der Waals surface area contributed by atoms with Gasteiger partial charge in [-0.05, 0) is 0 Å². The van der Waals surface area contributed by atoms with Crippen molar-refractivity contribution in [3.05, 3.63) is 30.3 Å². The fraction of sp³-hybridized carbons (Fsp3) is 0. The molecular weight excluding hydrogens is 172 g/mol. The van der Waals surface area contributed by atoms with Gasteiger partial charge in [-0.25, -0.2) is 0 Å². The minimum Gasteiger partial charge on any atom is -0.351 e. The van der Waals surface area contributed by atoms with Gasteiger partial charge in [0.25, 0.3) is 5.91 Å². The Hall–Kier alpha value is -2.11. The van der Waals surface area contributed by atoms with E-state index in [-0.39, 0.29) is 11.7 Å². The number of carbonyl (C=O) groups excluding carboxylic acids is 1. The summed E-state index contributed by atoms with van der Waals surface area (Å²) in [5.41, 5.74) is 0. The smallest absolute Gasteiger partial charge is 0.295 e. The fourth-order valence-electron chi connectivity index (χ4n) is 0.842. The molecule has 0 atom stereocenters. The van der Waals surface area contributed by atoms with Crippen molar-refractivity contribution in [3.63, 3.8) is 0 Å². The topological polar surface area (TPSA) is 83.8 Å². The molecule has 0 bridgehead atoms. The molecular formula is C7H6N4O2. The van der Waals surface area contributed by atoms with Crippen LogP contribution < -0.4 is 5.32 Å². The molecule has 13 heavy (non-hydrogen) atoms. The van der Waals surface area contributed by atoms with E-state index in [1.54, 1.807) is 6.07 Å². The monoisotopic (exact) mass is 178 g/mol. The van der Waals surface area contributed by atoms with Crippen molar-refractivity contribution in [1.29, 1.82) is 0 Å². The van der Waals surface area contributed by atoms with Gasteiger partial charge < -0.3 is 9.84 Å². The Morgan fingerprint density at radius 1 is 1.46 bits per heavy atom. The number of aromatic amines is 1. The molecule has 0 unspecified atom stereocenters.